The predicted molar refractivity (Wildman–Crippen MR) is 80.7 cm³/mol. The first-order valence-electron chi connectivity index (χ1n) is 7.50. The summed E-state index contributed by atoms with van der Waals surface area (Å²) in [6.45, 7) is 1.45. The molecule has 0 unspecified atom stereocenters. The third-order valence-corrected chi connectivity index (χ3v) is 4.12. The summed E-state index contributed by atoms with van der Waals surface area (Å²) in [6.07, 6.45) is 5.40. The zero-order valence-electron chi connectivity index (χ0n) is 12.3. The van der Waals surface area contributed by atoms with Gasteiger partial charge in [0.2, 0.25) is 5.91 Å². The molecule has 0 aliphatic carbocycles. The summed E-state index contributed by atoms with van der Waals surface area (Å²) >= 11 is 0. The summed E-state index contributed by atoms with van der Waals surface area (Å²) in [4.78, 5) is 22.4. The number of carbonyl (C=O) groups excluding carboxylic acids is 1. The van der Waals surface area contributed by atoms with Gasteiger partial charge in [-0.15, -0.1) is 0 Å². The molecule has 3 rings (SSSR count). The molecule has 0 atom stereocenters. The van der Waals surface area contributed by atoms with Gasteiger partial charge in [0.05, 0.1) is 6.42 Å². The van der Waals surface area contributed by atoms with Crippen LogP contribution in [0.3, 0.4) is 0 Å². The van der Waals surface area contributed by atoms with Crippen molar-refractivity contribution in [3.05, 3.63) is 59.9 Å². The van der Waals surface area contributed by atoms with Crippen LogP contribution in [0.2, 0.25) is 0 Å². The van der Waals surface area contributed by atoms with Gasteiger partial charge in [-0.25, -0.2) is 14.4 Å². The van der Waals surface area contributed by atoms with E-state index in [-0.39, 0.29) is 18.1 Å². The lowest BCUT2D eigenvalue weighted by molar-refractivity contribution is -0.131. The van der Waals surface area contributed by atoms with Gasteiger partial charge in [-0.05, 0) is 36.6 Å². The van der Waals surface area contributed by atoms with Crippen LogP contribution in [0.5, 0.6) is 0 Å². The molecule has 1 aliphatic rings. The van der Waals surface area contributed by atoms with E-state index in [4.69, 9.17) is 0 Å². The van der Waals surface area contributed by atoms with Crippen LogP contribution in [-0.2, 0) is 11.2 Å². The number of nitrogens with zero attached hydrogens (tertiary/aromatic N) is 3. The van der Waals surface area contributed by atoms with Crippen LogP contribution >= 0.6 is 0 Å². The molecule has 0 N–H and O–H groups in total. The van der Waals surface area contributed by atoms with E-state index in [0.717, 1.165) is 37.2 Å². The Kier molecular flexibility index (Phi) is 4.42. The third kappa shape index (κ3) is 3.47. The Balaban J connectivity index is 1.56. The first-order valence-corrected chi connectivity index (χ1v) is 7.50. The lowest BCUT2D eigenvalue weighted by Crippen LogP contribution is -2.38. The predicted octanol–water partition coefficient (Wildman–Crippen LogP) is 2.56. The number of amides is 1. The Morgan fingerprint density at radius 3 is 2.77 bits per heavy atom. The monoisotopic (exact) mass is 299 g/mol. The molecule has 0 bridgehead atoms. The van der Waals surface area contributed by atoms with Gasteiger partial charge in [0.1, 0.15) is 12.1 Å². The van der Waals surface area contributed by atoms with Crippen molar-refractivity contribution in [3.8, 4) is 0 Å². The van der Waals surface area contributed by atoms with Crippen LogP contribution in [0.4, 0.5) is 4.39 Å². The molecule has 22 heavy (non-hydrogen) atoms. The van der Waals surface area contributed by atoms with Crippen LogP contribution in [0.1, 0.15) is 30.0 Å². The summed E-state index contributed by atoms with van der Waals surface area (Å²) < 4.78 is 13.2. The number of halogens is 1. The summed E-state index contributed by atoms with van der Waals surface area (Å²) in [7, 11) is 0. The van der Waals surface area contributed by atoms with Crippen LogP contribution in [0.15, 0.2) is 42.9 Å². The highest BCUT2D eigenvalue weighted by atomic mass is 19.1. The minimum Gasteiger partial charge on any atom is -0.342 e. The minimum absolute atomic E-state index is 0.0618. The molecular formula is C17H18FN3O. The fourth-order valence-corrected chi connectivity index (χ4v) is 2.90. The van der Waals surface area contributed by atoms with Gasteiger partial charge in [-0.1, -0.05) is 12.1 Å². The van der Waals surface area contributed by atoms with Crippen molar-refractivity contribution in [1.29, 1.82) is 0 Å². The van der Waals surface area contributed by atoms with Crippen LogP contribution in [-0.4, -0.2) is 33.9 Å². The maximum Gasteiger partial charge on any atom is 0.226 e. The van der Waals surface area contributed by atoms with E-state index in [2.05, 4.69) is 9.97 Å². The summed E-state index contributed by atoms with van der Waals surface area (Å²) in [6, 6.07) is 8.18. The van der Waals surface area contributed by atoms with E-state index in [0.29, 0.717) is 5.92 Å². The SMILES string of the molecule is O=C(Cc1cccc(F)c1)N1CCC(c2ccncn2)CC1. The highest BCUT2D eigenvalue weighted by Crippen LogP contribution is 2.26. The number of carbonyl (C=O) groups is 1. The fraction of sp³-hybridized carbons (Fsp3) is 0.353. The average Bonchev–Trinajstić information content (AvgIpc) is 2.56. The van der Waals surface area contributed by atoms with E-state index < -0.39 is 0 Å². The van der Waals surface area contributed by atoms with Gasteiger partial charge in [-0.3, -0.25) is 4.79 Å². The second kappa shape index (κ2) is 6.64. The van der Waals surface area contributed by atoms with E-state index in [1.54, 1.807) is 24.7 Å². The molecule has 0 saturated carbocycles. The molecule has 1 saturated heterocycles. The van der Waals surface area contributed by atoms with Gasteiger partial charge in [0.15, 0.2) is 0 Å². The molecule has 1 amide bonds. The molecule has 2 heterocycles. The van der Waals surface area contributed by atoms with E-state index in [1.807, 2.05) is 11.0 Å². The Morgan fingerprint density at radius 2 is 2.09 bits per heavy atom. The van der Waals surface area contributed by atoms with Gasteiger partial charge in [0, 0.05) is 30.9 Å². The number of hydrogen-bond acceptors (Lipinski definition) is 3. The number of likely N-dealkylation sites (tertiary alicyclic amines) is 1. The second-order valence-electron chi connectivity index (χ2n) is 5.60. The van der Waals surface area contributed by atoms with Gasteiger partial charge in [0.25, 0.3) is 0 Å². The smallest absolute Gasteiger partial charge is 0.226 e. The first-order chi connectivity index (χ1) is 10.7. The van der Waals surface area contributed by atoms with Crippen molar-refractivity contribution in [2.45, 2.75) is 25.2 Å². The van der Waals surface area contributed by atoms with Gasteiger partial charge < -0.3 is 4.90 Å². The standard InChI is InChI=1S/C17H18FN3O/c18-15-3-1-2-13(10-15)11-17(22)21-8-5-14(6-9-21)16-4-7-19-12-20-16/h1-4,7,10,12,14H,5-6,8-9,11H2. The summed E-state index contributed by atoms with van der Waals surface area (Å²) in [5, 5.41) is 0. The molecule has 0 spiro atoms. The van der Waals surface area contributed by atoms with Crippen LogP contribution in [0, 0.1) is 5.82 Å². The Hall–Kier alpha value is -2.30. The van der Waals surface area contributed by atoms with Crippen molar-refractivity contribution in [3.63, 3.8) is 0 Å². The lowest BCUT2D eigenvalue weighted by Gasteiger charge is -2.31. The van der Waals surface area contributed by atoms with Crippen molar-refractivity contribution in [2.24, 2.45) is 0 Å². The van der Waals surface area contributed by atoms with Crippen molar-refractivity contribution in [2.75, 3.05) is 13.1 Å². The lowest BCUT2D eigenvalue weighted by atomic mass is 9.93. The quantitative estimate of drug-likeness (QED) is 0.875. The Labute approximate surface area is 129 Å². The molecule has 114 valence electrons. The third-order valence-electron chi connectivity index (χ3n) is 4.12. The molecular weight excluding hydrogens is 281 g/mol. The van der Waals surface area contributed by atoms with Crippen LogP contribution in [0.25, 0.3) is 0 Å². The number of piperidine rings is 1. The topological polar surface area (TPSA) is 46.1 Å². The average molecular weight is 299 g/mol. The zero-order chi connectivity index (χ0) is 15.4. The number of aromatic nitrogens is 2. The molecule has 1 aromatic heterocycles. The van der Waals surface area contributed by atoms with Gasteiger partial charge in [-0.2, -0.15) is 0 Å². The normalized spacial score (nSPS) is 15.8. The zero-order valence-corrected chi connectivity index (χ0v) is 12.3. The van der Waals surface area contributed by atoms with Crippen molar-refractivity contribution in [1.82, 2.24) is 14.9 Å². The number of hydrogen-bond donors (Lipinski definition) is 0. The molecule has 1 fully saturated rings. The number of benzene rings is 1. The van der Waals surface area contributed by atoms with Crippen molar-refractivity contribution < 1.29 is 9.18 Å². The molecule has 1 aromatic carbocycles. The van der Waals surface area contributed by atoms with E-state index >= 15 is 0 Å². The summed E-state index contributed by atoms with van der Waals surface area (Å²) in [5.74, 6) is 0.153. The molecule has 4 nitrogen and oxygen atoms in total. The maximum atomic E-state index is 13.2. The minimum atomic E-state index is -0.298. The molecule has 5 heteroatoms. The molecule has 1 aliphatic heterocycles. The van der Waals surface area contributed by atoms with Crippen molar-refractivity contribution >= 4 is 5.91 Å². The van der Waals surface area contributed by atoms with E-state index in [1.165, 1.54) is 12.1 Å². The van der Waals surface area contributed by atoms with Crippen LogP contribution < -0.4 is 0 Å². The molecule has 2 aromatic rings. The number of rotatable bonds is 3. The second-order valence-corrected chi connectivity index (χ2v) is 5.60. The fourth-order valence-electron chi connectivity index (χ4n) is 2.90. The highest BCUT2D eigenvalue weighted by molar-refractivity contribution is 5.78. The maximum absolute atomic E-state index is 13.2. The Morgan fingerprint density at radius 1 is 1.27 bits per heavy atom. The van der Waals surface area contributed by atoms with E-state index in [9.17, 15) is 9.18 Å². The summed E-state index contributed by atoms with van der Waals surface area (Å²) in [5.41, 5.74) is 1.77. The first kappa shape index (κ1) is 14.6. The highest BCUT2D eigenvalue weighted by Gasteiger charge is 2.24. The Bertz CT molecular complexity index is 639. The largest absolute Gasteiger partial charge is 0.342 e. The van der Waals surface area contributed by atoms with Gasteiger partial charge >= 0.3 is 0 Å². The molecule has 0 radical (unpaired) electrons.